The Balaban J connectivity index is 3.36. The third kappa shape index (κ3) is 14.3. The Morgan fingerprint density at radius 1 is 0.870 bits per heavy atom. The number of carboxylic acids is 1. The lowest BCUT2D eigenvalue weighted by molar-refractivity contribution is -0.138. The van der Waals surface area contributed by atoms with Crippen molar-refractivity contribution < 1.29 is 14.7 Å². The molecule has 1 N–H and O–H groups in total. The Bertz CT molecular complexity index is 333. The number of thioether (sulfide) groups is 1. The highest BCUT2D eigenvalue weighted by Crippen LogP contribution is 2.36. The van der Waals surface area contributed by atoms with Crippen molar-refractivity contribution in [3.63, 3.8) is 0 Å². The van der Waals surface area contributed by atoms with Gasteiger partial charge in [-0.15, -0.1) is 0 Å². The SMILES string of the molecule is CCCCCCCCCCCCSSC(=O)SC(C)(C)C(=O)O. The van der Waals surface area contributed by atoms with E-state index in [9.17, 15) is 9.59 Å². The van der Waals surface area contributed by atoms with Crippen molar-refractivity contribution in [1.82, 2.24) is 0 Å². The molecule has 0 aliphatic carbocycles. The first-order valence-corrected chi connectivity index (χ1v) is 11.8. The molecule has 0 rings (SSSR count). The van der Waals surface area contributed by atoms with E-state index in [-0.39, 0.29) is 4.45 Å². The summed E-state index contributed by atoms with van der Waals surface area (Å²) in [6.07, 6.45) is 13.1. The second-order valence-corrected chi connectivity index (χ2v) is 10.5. The third-order valence-corrected chi connectivity index (χ3v) is 7.25. The van der Waals surface area contributed by atoms with E-state index in [0.717, 1.165) is 23.9 Å². The number of hydrogen-bond acceptors (Lipinski definition) is 5. The van der Waals surface area contributed by atoms with Crippen LogP contribution in [0.4, 0.5) is 4.79 Å². The molecule has 0 bridgehead atoms. The van der Waals surface area contributed by atoms with Crippen molar-refractivity contribution >= 4 is 43.8 Å². The van der Waals surface area contributed by atoms with Gasteiger partial charge in [0.25, 0.3) is 4.45 Å². The van der Waals surface area contributed by atoms with Crippen molar-refractivity contribution in [2.45, 2.75) is 89.7 Å². The molecule has 6 heteroatoms. The molecule has 0 aliphatic heterocycles. The molecule has 136 valence electrons. The van der Waals surface area contributed by atoms with Gasteiger partial charge in [-0.3, -0.25) is 9.59 Å². The predicted octanol–water partition coefficient (Wildman–Crippen LogP) is 7.01. The fourth-order valence-electron chi connectivity index (χ4n) is 2.01. The average Bonchev–Trinajstić information content (AvgIpc) is 2.47. The largest absolute Gasteiger partial charge is 0.480 e. The summed E-state index contributed by atoms with van der Waals surface area (Å²) in [5.74, 6) is 0.0113. The lowest BCUT2D eigenvalue weighted by Gasteiger charge is -2.16. The number of rotatable bonds is 14. The molecule has 0 fully saturated rings. The molecule has 0 aliphatic rings. The third-order valence-electron chi connectivity index (χ3n) is 3.56. The Labute approximate surface area is 153 Å². The maximum absolute atomic E-state index is 11.7. The molecule has 0 aromatic heterocycles. The van der Waals surface area contributed by atoms with Gasteiger partial charge in [0.2, 0.25) is 0 Å². The van der Waals surface area contributed by atoms with Crippen molar-refractivity contribution in [1.29, 1.82) is 0 Å². The van der Waals surface area contributed by atoms with Gasteiger partial charge in [-0.2, -0.15) is 0 Å². The molecule has 23 heavy (non-hydrogen) atoms. The molecule has 0 saturated heterocycles. The first-order chi connectivity index (χ1) is 10.9. The summed E-state index contributed by atoms with van der Waals surface area (Å²) in [6.45, 7) is 5.37. The number of carboxylic acid groups (broad SMARTS) is 1. The second-order valence-electron chi connectivity index (χ2n) is 6.25. The highest BCUT2D eigenvalue weighted by molar-refractivity contribution is 8.86. The molecule has 0 heterocycles. The van der Waals surface area contributed by atoms with Crippen LogP contribution in [0.5, 0.6) is 0 Å². The van der Waals surface area contributed by atoms with E-state index < -0.39 is 10.7 Å². The van der Waals surface area contributed by atoms with Gasteiger partial charge >= 0.3 is 5.97 Å². The van der Waals surface area contributed by atoms with Crippen LogP contribution in [0.2, 0.25) is 0 Å². The first kappa shape index (κ1) is 23.2. The summed E-state index contributed by atoms with van der Waals surface area (Å²) >= 11 is 0.897. The quantitative estimate of drug-likeness (QED) is 0.258. The Morgan fingerprint density at radius 3 is 1.83 bits per heavy atom. The average molecular weight is 381 g/mol. The van der Waals surface area contributed by atoms with Crippen LogP contribution in [-0.2, 0) is 4.79 Å². The topological polar surface area (TPSA) is 54.4 Å². The van der Waals surface area contributed by atoms with E-state index in [1.54, 1.807) is 24.6 Å². The van der Waals surface area contributed by atoms with Crippen LogP contribution in [-0.4, -0.2) is 26.0 Å². The lowest BCUT2D eigenvalue weighted by Crippen LogP contribution is -2.28. The molecule has 0 amide bonds. The van der Waals surface area contributed by atoms with Crippen LogP contribution in [0.3, 0.4) is 0 Å². The van der Waals surface area contributed by atoms with Gasteiger partial charge in [-0.25, -0.2) is 0 Å². The molecule has 0 radical (unpaired) electrons. The summed E-state index contributed by atoms with van der Waals surface area (Å²) in [5, 5.41) is 8.97. The fourth-order valence-corrected chi connectivity index (χ4v) is 5.41. The minimum atomic E-state index is -1.04. The summed E-state index contributed by atoms with van der Waals surface area (Å²) in [4.78, 5) is 22.6. The summed E-state index contributed by atoms with van der Waals surface area (Å²) in [6, 6.07) is 0. The normalized spacial score (nSPS) is 11.6. The maximum Gasteiger partial charge on any atom is 0.319 e. The first-order valence-electron chi connectivity index (χ1n) is 8.66. The smallest absolute Gasteiger partial charge is 0.319 e. The van der Waals surface area contributed by atoms with Gasteiger partial charge < -0.3 is 5.11 Å². The standard InChI is InChI=1S/C17H32O3S3/c1-4-5-6-7-8-9-10-11-12-13-14-21-23-16(20)22-17(2,3)15(18)19/h4-14H2,1-3H3,(H,18,19). The van der Waals surface area contributed by atoms with E-state index in [4.69, 9.17) is 5.11 Å². The molecule has 0 aromatic rings. The van der Waals surface area contributed by atoms with E-state index >= 15 is 0 Å². The van der Waals surface area contributed by atoms with Gasteiger partial charge in [0.05, 0.1) is 0 Å². The Morgan fingerprint density at radius 2 is 1.35 bits per heavy atom. The molecule has 0 spiro atoms. The summed E-state index contributed by atoms with van der Waals surface area (Å²) < 4.78 is -1.16. The monoisotopic (exact) mass is 380 g/mol. The van der Waals surface area contributed by atoms with Crippen LogP contribution in [0, 0.1) is 0 Å². The summed E-state index contributed by atoms with van der Waals surface area (Å²) in [5.41, 5.74) is 0. The molecular formula is C17H32O3S3. The van der Waals surface area contributed by atoms with Crippen LogP contribution < -0.4 is 0 Å². The van der Waals surface area contributed by atoms with E-state index in [2.05, 4.69) is 6.92 Å². The Hall–Kier alpha value is 0.190. The fraction of sp³-hybridized carbons (Fsp3) is 0.882. The number of aliphatic carboxylic acids is 1. The maximum atomic E-state index is 11.7. The zero-order valence-electron chi connectivity index (χ0n) is 14.8. The van der Waals surface area contributed by atoms with Gasteiger partial charge in [0.1, 0.15) is 4.75 Å². The number of carbonyl (C=O) groups excluding carboxylic acids is 1. The van der Waals surface area contributed by atoms with E-state index in [1.807, 2.05) is 0 Å². The van der Waals surface area contributed by atoms with Crippen molar-refractivity contribution in [2.75, 3.05) is 5.75 Å². The van der Waals surface area contributed by atoms with E-state index in [1.165, 1.54) is 68.6 Å². The van der Waals surface area contributed by atoms with Crippen LogP contribution in [0.25, 0.3) is 0 Å². The zero-order valence-corrected chi connectivity index (χ0v) is 17.2. The molecule has 0 unspecified atom stereocenters. The van der Waals surface area contributed by atoms with Crippen LogP contribution in [0.15, 0.2) is 0 Å². The number of unbranched alkanes of at least 4 members (excludes halogenated alkanes) is 9. The second kappa shape index (κ2) is 14.5. The highest BCUT2D eigenvalue weighted by Gasteiger charge is 2.31. The van der Waals surface area contributed by atoms with Crippen molar-refractivity contribution in [2.24, 2.45) is 0 Å². The molecular weight excluding hydrogens is 348 g/mol. The van der Waals surface area contributed by atoms with E-state index in [0.29, 0.717) is 0 Å². The zero-order chi connectivity index (χ0) is 17.6. The molecule has 0 saturated carbocycles. The van der Waals surface area contributed by atoms with Gasteiger partial charge in [-0.05, 0) is 31.1 Å². The highest BCUT2D eigenvalue weighted by atomic mass is 33.1. The Kier molecular flexibility index (Phi) is 14.6. The number of hydrogen-bond donors (Lipinski definition) is 1. The number of carbonyl (C=O) groups is 2. The van der Waals surface area contributed by atoms with Crippen LogP contribution >= 0.6 is 33.3 Å². The summed E-state index contributed by atoms with van der Waals surface area (Å²) in [7, 11) is 2.72. The minimum absolute atomic E-state index is 0.116. The molecule has 0 aromatic carbocycles. The van der Waals surface area contributed by atoms with Crippen molar-refractivity contribution in [3.05, 3.63) is 0 Å². The van der Waals surface area contributed by atoms with Crippen molar-refractivity contribution in [3.8, 4) is 0 Å². The predicted molar refractivity (Wildman–Crippen MR) is 107 cm³/mol. The molecule has 3 nitrogen and oxygen atoms in total. The van der Waals surface area contributed by atoms with Gasteiger partial charge in [-0.1, -0.05) is 87.3 Å². The lowest BCUT2D eigenvalue weighted by atomic mass is 10.1. The van der Waals surface area contributed by atoms with Gasteiger partial charge in [0, 0.05) is 5.75 Å². The van der Waals surface area contributed by atoms with Crippen LogP contribution in [0.1, 0.15) is 85.0 Å². The van der Waals surface area contributed by atoms with Gasteiger partial charge in [0.15, 0.2) is 0 Å². The molecule has 0 atom stereocenters. The minimum Gasteiger partial charge on any atom is -0.480 e.